The van der Waals surface area contributed by atoms with Gasteiger partial charge in [0.2, 0.25) is 5.91 Å². The number of amides is 1. The molecule has 0 bridgehead atoms. The molecule has 1 saturated carbocycles. The van der Waals surface area contributed by atoms with Crippen molar-refractivity contribution >= 4 is 17.2 Å². The third-order valence-corrected chi connectivity index (χ3v) is 6.49. The standard InChI is InChI=1S/C20H23NO2S/c22-19(20(9-3-4-10-20)18-8-5-11-24-18)21-13-17-12-15-6-1-2-7-16(15)14-23-17/h1-2,5-8,11,17H,3-4,9-10,12-14H2,(H,21,22). The summed E-state index contributed by atoms with van der Waals surface area (Å²) in [5.74, 6) is 0.185. The molecule has 2 aromatic rings. The number of rotatable bonds is 4. The van der Waals surface area contributed by atoms with Gasteiger partial charge in [-0.3, -0.25) is 4.79 Å². The number of hydrogen-bond donors (Lipinski definition) is 1. The fourth-order valence-electron chi connectivity index (χ4n) is 4.03. The molecule has 1 aliphatic heterocycles. The minimum absolute atomic E-state index is 0.0747. The third-order valence-electron chi connectivity index (χ3n) is 5.42. The van der Waals surface area contributed by atoms with Crippen molar-refractivity contribution in [2.75, 3.05) is 6.54 Å². The summed E-state index contributed by atoms with van der Waals surface area (Å²) < 4.78 is 5.93. The first-order valence-corrected chi connectivity index (χ1v) is 9.66. The van der Waals surface area contributed by atoms with Crippen LogP contribution in [0.3, 0.4) is 0 Å². The number of thiophene rings is 1. The second-order valence-electron chi connectivity index (χ2n) is 6.88. The summed E-state index contributed by atoms with van der Waals surface area (Å²) in [6.07, 6.45) is 5.16. The van der Waals surface area contributed by atoms with Crippen molar-refractivity contribution in [1.82, 2.24) is 5.32 Å². The normalized spacial score (nSPS) is 22.1. The van der Waals surface area contributed by atoms with Gasteiger partial charge in [0.25, 0.3) is 0 Å². The van der Waals surface area contributed by atoms with Gasteiger partial charge in [-0.15, -0.1) is 11.3 Å². The molecule has 1 amide bonds. The zero-order valence-corrected chi connectivity index (χ0v) is 14.6. The fourth-order valence-corrected chi connectivity index (χ4v) is 5.01. The number of fused-ring (bicyclic) bond motifs is 1. The van der Waals surface area contributed by atoms with E-state index < -0.39 is 0 Å². The average Bonchev–Trinajstić information content (AvgIpc) is 3.31. The second-order valence-corrected chi connectivity index (χ2v) is 7.83. The Labute approximate surface area is 147 Å². The van der Waals surface area contributed by atoms with Crippen LogP contribution in [0.5, 0.6) is 0 Å². The third kappa shape index (κ3) is 2.89. The van der Waals surface area contributed by atoms with Crippen molar-refractivity contribution in [3.8, 4) is 0 Å². The van der Waals surface area contributed by atoms with Crippen molar-refractivity contribution < 1.29 is 9.53 Å². The van der Waals surface area contributed by atoms with Crippen LogP contribution in [0.25, 0.3) is 0 Å². The molecular formula is C20H23NO2S. The van der Waals surface area contributed by atoms with Gasteiger partial charge in [0, 0.05) is 17.8 Å². The van der Waals surface area contributed by atoms with E-state index in [0.29, 0.717) is 13.2 Å². The monoisotopic (exact) mass is 341 g/mol. The van der Waals surface area contributed by atoms with Crippen molar-refractivity contribution in [2.24, 2.45) is 0 Å². The van der Waals surface area contributed by atoms with Crippen LogP contribution in [0.1, 0.15) is 41.7 Å². The SMILES string of the molecule is O=C(NCC1Cc2ccccc2CO1)C1(c2cccs2)CCCC1. The Bertz CT molecular complexity index is 704. The lowest BCUT2D eigenvalue weighted by molar-refractivity contribution is -0.127. The van der Waals surface area contributed by atoms with E-state index >= 15 is 0 Å². The molecule has 1 fully saturated rings. The number of carbonyl (C=O) groups is 1. The lowest BCUT2D eigenvalue weighted by Crippen LogP contribution is -2.46. The van der Waals surface area contributed by atoms with E-state index in [1.807, 2.05) is 0 Å². The maximum absolute atomic E-state index is 13.0. The van der Waals surface area contributed by atoms with E-state index in [9.17, 15) is 4.79 Å². The van der Waals surface area contributed by atoms with E-state index in [2.05, 4.69) is 47.1 Å². The quantitative estimate of drug-likeness (QED) is 0.918. The van der Waals surface area contributed by atoms with Crippen molar-refractivity contribution in [3.63, 3.8) is 0 Å². The highest BCUT2D eigenvalue weighted by atomic mass is 32.1. The Morgan fingerprint density at radius 1 is 1.17 bits per heavy atom. The summed E-state index contributed by atoms with van der Waals surface area (Å²) >= 11 is 1.71. The van der Waals surface area contributed by atoms with Gasteiger partial charge in [-0.2, -0.15) is 0 Å². The maximum atomic E-state index is 13.0. The Kier molecular flexibility index (Phi) is 4.42. The summed E-state index contributed by atoms with van der Waals surface area (Å²) in [5, 5.41) is 5.27. The van der Waals surface area contributed by atoms with Crippen LogP contribution in [0, 0.1) is 0 Å². The lowest BCUT2D eigenvalue weighted by Gasteiger charge is -2.29. The molecule has 2 aliphatic rings. The Hall–Kier alpha value is -1.65. The summed E-state index contributed by atoms with van der Waals surface area (Å²) in [4.78, 5) is 14.2. The minimum atomic E-state index is -0.305. The molecule has 4 rings (SSSR count). The molecule has 0 radical (unpaired) electrons. The highest BCUT2D eigenvalue weighted by Crippen LogP contribution is 2.43. The second kappa shape index (κ2) is 6.69. The van der Waals surface area contributed by atoms with E-state index in [-0.39, 0.29) is 17.4 Å². The highest BCUT2D eigenvalue weighted by molar-refractivity contribution is 7.10. The first-order chi connectivity index (χ1) is 11.8. The summed E-state index contributed by atoms with van der Waals surface area (Å²) in [7, 11) is 0. The van der Waals surface area contributed by atoms with Crippen LogP contribution in [0.15, 0.2) is 41.8 Å². The zero-order chi connectivity index (χ0) is 16.4. The largest absolute Gasteiger partial charge is 0.371 e. The predicted molar refractivity (Wildman–Crippen MR) is 96.2 cm³/mol. The number of nitrogens with one attached hydrogen (secondary N) is 1. The Balaban J connectivity index is 1.42. The summed E-state index contributed by atoms with van der Waals surface area (Å²) in [5.41, 5.74) is 2.31. The smallest absolute Gasteiger partial charge is 0.231 e. The number of hydrogen-bond acceptors (Lipinski definition) is 3. The van der Waals surface area contributed by atoms with Crippen molar-refractivity contribution in [2.45, 2.75) is 50.2 Å². The van der Waals surface area contributed by atoms with Gasteiger partial charge >= 0.3 is 0 Å². The molecular weight excluding hydrogens is 318 g/mol. The Morgan fingerprint density at radius 2 is 1.96 bits per heavy atom. The average molecular weight is 341 g/mol. The van der Waals surface area contributed by atoms with Crippen molar-refractivity contribution in [3.05, 3.63) is 57.8 Å². The molecule has 1 N–H and O–H groups in total. The molecule has 0 spiro atoms. The molecule has 3 nitrogen and oxygen atoms in total. The van der Waals surface area contributed by atoms with Gasteiger partial charge < -0.3 is 10.1 Å². The maximum Gasteiger partial charge on any atom is 0.231 e. The molecule has 24 heavy (non-hydrogen) atoms. The van der Waals surface area contributed by atoms with E-state index in [1.54, 1.807) is 11.3 Å². The van der Waals surface area contributed by atoms with Gasteiger partial charge in [-0.05, 0) is 35.4 Å². The molecule has 1 aromatic carbocycles. The van der Waals surface area contributed by atoms with Crippen LogP contribution >= 0.6 is 11.3 Å². The number of carbonyl (C=O) groups excluding carboxylic acids is 1. The molecule has 0 saturated heterocycles. The van der Waals surface area contributed by atoms with E-state index in [1.165, 1.54) is 16.0 Å². The molecule has 1 unspecified atom stereocenters. The van der Waals surface area contributed by atoms with E-state index in [0.717, 1.165) is 32.1 Å². The van der Waals surface area contributed by atoms with Crippen LogP contribution < -0.4 is 5.32 Å². The number of benzene rings is 1. The molecule has 126 valence electrons. The molecule has 2 heterocycles. The highest BCUT2D eigenvalue weighted by Gasteiger charge is 2.43. The van der Waals surface area contributed by atoms with Crippen molar-refractivity contribution in [1.29, 1.82) is 0 Å². The topological polar surface area (TPSA) is 38.3 Å². The molecule has 1 aliphatic carbocycles. The minimum Gasteiger partial charge on any atom is -0.371 e. The van der Waals surface area contributed by atoms with Gasteiger partial charge in [0.15, 0.2) is 0 Å². The fraction of sp³-hybridized carbons (Fsp3) is 0.450. The molecule has 4 heteroatoms. The summed E-state index contributed by atoms with van der Waals surface area (Å²) in [6.45, 7) is 1.24. The van der Waals surface area contributed by atoms with Gasteiger partial charge in [-0.25, -0.2) is 0 Å². The van der Waals surface area contributed by atoms with Gasteiger partial charge in [0.1, 0.15) is 0 Å². The molecule has 1 aromatic heterocycles. The first-order valence-electron chi connectivity index (χ1n) is 8.79. The van der Waals surface area contributed by atoms with Crippen LogP contribution in [0.2, 0.25) is 0 Å². The number of ether oxygens (including phenoxy) is 1. The van der Waals surface area contributed by atoms with E-state index in [4.69, 9.17) is 4.74 Å². The lowest BCUT2D eigenvalue weighted by atomic mass is 9.83. The predicted octanol–water partition coefficient (Wildman–Crippen LogP) is 3.82. The van der Waals surface area contributed by atoms with Crippen LogP contribution in [-0.2, 0) is 28.0 Å². The first kappa shape index (κ1) is 15.9. The molecule has 1 atom stereocenters. The zero-order valence-electron chi connectivity index (χ0n) is 13.8. The van der Waals surface area contributed by atoms with Crippen LogP contribution in [0.4, 0.5) is 0 Å². The van der Waals surface area contributed by atoms with Crippen LogP contribution in [-0.4, -0.2) is 18.6 Å². The van der Waals surface area contributed by atoms with Gasteiger partial charge in [-0.1, -0.05) is 43.2 Å². The van der Waals surface area contributed by atoms with Gasteiger partial charge in [0.05, 0.1) is 18.1 Å². The summed E-state index contributed by atoms with van der Waals surface area (Å²) in [6, 6.07) is 12.6. The Morgan fingerprint density at radius 3 is 2.71 bits per heavy atom.